The monoisotopic (exact) mass is 139 g/mol. The Morgan fingerprint density at radius 2 is 2.50 bits per heavy atom. The van der Waals surface area contributed by atoms with E-state index in [1.54, 1.807) is 6.92 Å². The second-order valence-electron chi connectivity index (χ2n) is 3.08. The van der Waals surface area contributed by atoms with Gasteiger partial charge >= 0.3 is 0 Å². The van der Waals surface area contributed by atoms with Gasteiger partial charge in [-0.05, 0) is 6.42 Å². The van der Waals surface area contributed by atoms with Crippen molar-refractivity contribution in [3.63, 3.8) is 0 Å². The van der Waals surface area contributed by atoms with Gasteiger partial charge in [-0.2, -0.15) is 0 Å². The van der Waals surface area contributed by atoms with Gasteiger partial charge in [0.1, 0.15) is 0 Å². The van der Waals surface area contributed by atoms with Crippen LogP contribution < -0.4 is 5.32 Å². The number of amides is 1. The molecular formula is C7H11N2O. The Kier molecular flexibility index (Phi) is 1.20. The predicted octanol–water partition coefficient (Wildman–Crippen LogP) is -0.406. The zero-order chi connectivity index (χ0) is 7.14. The topological polar surface area (TPSA) is 34.4 Å². The Bertz CT molecular complexity index is 169. The van der Waals surface area contributed by atoms with Crippen molar-refractivity contribution >= 4 is 5.91 Å². The number of hydrogen-bond acceptors (Lipinski definition) is 1. The highest BCUT2D eigenvalue weighted by molar-refractivity contribution is 5.74. The summed E-state index contributed by atoms with van der Waals surface area (Å²) in [6.07, 6.45) is 1.11. The minimum atomic E-state index is 0.211. The first-order chi connectivity index (χ1) is 4.77. The fraction of sp³-hybridized carbons (Fsp3) is 0.857. The average Bonchev–Trinajstić information content (AvgIpc) is 2.44. The first-order valence-corrected chi connectivity index (χ1v) is 3.71. The summed E-state index contributed by atoms with van der Waals surface area (Å²) < 4.78 is 0. The number of piperazine rings is 1. The lowest BCUT2D eigenvalue weighted by molar-refractivity contribution is -0.130. The molecule has 1 amide bonds. The van der Waals surface area contributed by atoms with Crippen molar-refractivity contribution in [2.24, 2.45) is 0 Å². The summed E-state index contributed by atoms with van der Waals surface area (Å²) in [6.45, 7) is 3.39. The van der Waals surface area contributed by atoms with Crippen molar-refractivity contribution < 1.29 is 4.79 Å². The maximum Gasteiger partial charge on any atom is 0.219 e. The summed E-state index contributed by atoms with van der Waals surface area (Å²) in [5.74, 6) is 0.211. The van der Waals surface area contributed by atoms with Crippen LogP contribution in [0.3, 0.4) is 0 Å². The quantitative estimate of drug-likeness (QED) is 0.449. The van der Waals surface area contributed by atoms with Gasteiger partial charge in [0.05, 0.1) is 0 Å². The van der Waals surface area contributed by atoms with Gasteiger partial charge < -0.3 is 4.90 Å². The van der Waals surface area contributed by atoms with Gasteiger partial charge in [0.2, 0.25) is 5.91 Å². The molecule has 3 heteroatoms. The molecule has 2 fully saturated rings. The molecule has 2 bridgehead atoms. The molecule has 2 saturated heterocycles. The van der Waals surface area contributed by atoms with Gasteiger partial charge in [-0.1, -0.05) is 0 Å². The van der Waals surface area contributed by atoms with Crippen LogP contribution in [0.1, 0.15) is 13.3 Å². The zero-order valence-corrected chi connectivity index (χ0v) is 6.08. The van der Waals surface area contributed by atoms with Crippen LogP contribution in [0.5, 0.6) is 0 Å². The molecule has 0 saturated carbocycles. The van der Waals surface area contributed by atoms with Crippen LogP contribution in [0.4, 0.5) is 0 Å². The van der Waals surface area contributed by atoms with E-state index in [9.17, 15) is 4.79 Å². The third kappa shape index (κ3) is 0.736. The molecule has 2 aliphatic rings. The Labute approximate surface area is 60.4 Å². The Morgan fingerprint density at radius 1 is 1.70 bits per heavy atom. The third-order valence-corrected chi connectivity index (χ3v) is 2.37. The van der Waals surface area contributed by atoms with Gasteiger partial charge in [-0.25, -0.2) is 5.32 Å². The van der Waals surface area contributed by atoms with Crippen LogP contribution in [-0.4, -0.2) is 36.0 Å². The Morgan fingerprint density at radius 3 is 2.80 bits per heavy atom. The van der Waals surface area contributed by atoms with Crippen molar-refractivity contribution in [3.8, 4) is 0 Å². The van der Waals surface area contributed by atoms with Crippen LogP contribution in [0.2, 0.25) is 0 Å². The molecule has 0 N–H and O–H groups in total. The Hall–Kier alpha value is -0.570. The largest absolute Gasteiger partial charge is 0.337 e. The lowest BCUT2D eigenvalue weighted by Crippen LogP contribution is -2.42. The van der Waals surface area contributed by atoms with Crippen LogP contribution in [0.15, 0.2) is 0 Å². The number of fused-ring (bicyclic) bond motifs is 2. The van der Waals surface area contributed by atoms with E-state index >= 15 is 0 Å². The summed E-state index contributed by atoms with van der Waals surface area (Å²) in [5.41, 5.74) is 0. The first kappa shape index (κ1) is 6.16. The maximum absolute atomic E-state index is 10.9. The molecule has 10 heavy (non-hydrogen) atoms. The SMILES string of the molecule is CC(=O)N1C[C@@H]2C[C@H]1C[N]2. The number of carbonyl (C=O) groups is 1. The molecule has 1 radical (unpaired) electrons. The van der Waals surface area contributed by atoms with Crippen molar-refractivity contribution in [1.82, 2.24) is 10.2 Å². The number of nitrogens with zero attached hydrogens (tertiary/aromatic N) is 2. The smallest absolute Gasteiger partial charge is 0.219 e. The van der Waals surface area contributed by atoms with E-state index in [0.717, 1.165) is 19.5 Å². The third-order valence-electron chi connectivity index (χ3n) is 2.37. The highest BCUT2D eigenvalue weighted by Crippen LogP contribution is 2.23. The molecule has 0 aromatic heterocycles. The fourth-order valence-corrected chi connectivity index (χ4v) is 1.85. The van der Waals surface area contributed by atoms with Gasteiger partial charge in [0, 0.05) is 32.1 Å². The van der Waals surface area contributed by atoms with Gasteiger partial charge in [-0.15, -0.1) is 0 Å². The van der Waals surface area contributed by atoms with E-state index in [2.05, 4.69) is 5.32 Å². The molecule has 2 heterocycles. The van der Waals surface area contributed by atoms with Crippen molar-refractivity contribution in [1.29, 1.82) is 0 Å². The molecule has 0 aromatic rings. The van der Waals surface area contributed by atoms with Crippen LogP contribution in [0, 0.1) is 0 Å². The normalized spacial score (nSPS) is 37.1. The van der Waals surface area contributed by atoms with Crippen molar-refractivity contribution in [2.45, 2.75) is 25.4 Å². The standard InChI is InChI=1S/C7H11N2O/c1-5(10)9-4-6-2-7(9)3-8-6/h6-7H,2-4H2,1H3/t6-,7-/m0/s1. The van der Waals surface area contributed by atoms with E-state index in [-0.39, 0.29) is 5.91 Å². The highest BCUT2D eigenvalue weighted by Gasteiger charge is 2.39. The Balaban J connectivity index is 2.08. The lowest BCUT2D eigenvalue weighted by atomic mass is 10.2. The number of hydrogen-bond donors (Lipinski definition) is 0. The second kappa shape index (κ2) is 1.95. The molecule has 0 aliphatic carbocycles. The van der Waals surface area contributed by atoms with Gasteiger partial charge in [-0.3, -0.25) is 4.79 Å². The maximum atomic E-state index is 10.9. The molecule has 2 aliphatic heterocycles. The van der Waals surface area contributed by atoms with E-state index in [0.29, 0.717) is 12.1 Å². The minimum absolute atomic E-state index is 0.211. The summed E-state index contributed by atoms with van der Waals surface area (Å²) in [6, 6.07) is 0.913. The van der Waals surface area contributed by atoms with Crippen molar-refractivity contribution in [2.75, 3.05) is 13.1 Å². The molecule has 2 atom stereocenters. The number of carbonyl (C=O) groups excluding carboxylic acids is 1. The van der Waals surface area contributed by atoms with Crippen LogP contribution >= 0.6 is 0 Å². The minimum Gasteiger partial charge on any atom is -0.337 e. The average molecular weight is 139 g/mol. The van der Waals surface area contributed by atoms with Crippen LogP contribution in [0.25, 0.3) is 0 Å². The molecule has 0 aromatic carbocycles. The molecule has 2 rings (SSSR count). The van der Waals surface area contributed by atoms with Crippen molar-refractivity contribution in [3.05, 3.63) is 0 Å². The zero-order valence-electron chi connectivity index (χ0n) is 6.08. The molecule has 3 nitrogen and oxygen atoms in total. The molecule has 0 unspecified atom stereocenters. The molecule has 55 valence electrons. The number of likely N-dealkylation sites (tertiary alicyclic amines) is 1. The first-order valence-electron chi connectivity index (χ1n) is 3.71. The highest BCUT2D eigenvalue weighted by atomic mass is 16.2. The van der Waals surface area contributed by atoms with E-state index in [1.165, 1.54) is 0 Å². The van der Waals surface area contributed by atoms with E-state index in [1.807, 2.05) is 4.90 Å². The summed E-state index contributed by atoms with van der Waals surface area (Å²) in [7, 11) is 0. The lowest BCUT2D eigenvalue weighted by Gasteiger charge is -2.24. The number of rotatable bonds is 0. The molecule has 0 spiro atoms. The molecular weight excluding hydrogens is 128 g/mol. The fourth-order valence-electron chi connectivity index (χ4n) is 1.85. The van der Waals surface area contributed by atoms with Crippen LogP contribution in [-0.2, 0) is 4.79 Å². The van der Waals surface area contributed by atoms with E-state index in [4.69, 9.17) is 0 Å². The summed E-state index contributed by atoms with van der Waals surface area (Å²) in [4.78, 5) is 12.9. The summed E-state index contributed by atoms with van der Waals surface area (Å²) >= 11 is 0. The van der Waals surface area contributed by atoms with Gasteiger partial charge in [0.25, 0.3) is 0 Å². The van der Waals surface area contributed by atoms with Gasteiger partial charge in [0.15, 0.2) is 0 Å². The second-order valence-corrected chi connectivity index (χ2v) is 3.08. The predicted molar refractivity (Wildman–Crippen MR) is 36.6 cm³/mol. The van der Waals surface area contributed by atoms with E-state index < -0.39 is 0 Å². The summed E-state index contributed by atoms with van der Waals surface area (Å²) in [5, 5.41) is 4.34.